The van der Waals surface area contributed by atoms with Crippen molar-refractivity contribution in [3.05, 3.63) is 29.8 Å². The normalized spacial score (nSPS) is 18.8. The van der Waals surface area contributed by atoms with E-state index in [-0.39, 0.29) is 18.2 Å². The maximum atomic E-state index is 11.3. The van der Waals surface area contributed by atoms with Crippen LogP contribution in [0.4, 0.5) is 0 Å². The van der Waals surface area contributed by atoms with Crippen LogP contribution in [0.3, 0.4) is 0 Å². The van der Waals surface area contributed by atoms with Gasteiger partial charge in [0.1, 0.15) is 12.4 Å². The molecule has 1 aliphatic rings. The zero-order valence-corrected chi connectivity index (χ0v) is 10.2. The van der Waals surface area contributed by atoms with Crippen LogP contribution in [0.2, 0.25) is 0 Å². The molecule has 2 N–H and O–H groups in total. The number of ether oxygens (including phenoxy) is 1. The maximum Gasteiger partial charge on any atom is 0.244 e. The molecule has 1 fully saturated rings. The van der Waals surface area contributed by atoms with Crippen LogP contribution in [0.1, 0.15) is 12.0 Å². The van der Waals surface area contributed by atoms with Crippen LogP contribution in [0.25, 0.3) is 0 Å². The van der Waals surface area contributed by atoms with Crippen molar-refractivity contribution >= 4 is 11.8 Å². The van der Waals surface area contributed by atoms with E-state index in [2.05, 4.69) is 10.6 Å². The molecule has 18 heavy (non-hydrogen) atoms. The van der Waals surface area contributed by atoms with Gasteiger partial charge in [0, 0.05) is 6.54 Å². The van der Waals surface area contributed by atoms with Gasteiger partial charge < -0.3 is 10.1 Å². The van der Waals surface area contributed by atoms with Gasteiger partial charge in [-0.2, -0.15) is 0 Å². The standard InChI is InChI=1S/C13H16N2O3/c1-9-3-2-4-10(7-9)18-6-5-14-11-8-12(16)15-13(11)17/h2-4,7,11,14H,5-6,8H2,1H3,(H,15,16,17). The highest BCUT2D eigenvalue weighted by Gasteiger charge is 2.29. The van der Waals surface area contributed by atoms with Crippen molar-refractivity contribution in [1.29, 1.82) is 0 Å². The lowest BCUT2D eigenvalue weighted by molar-refractivity contribution is -0.125. The lowest BCUT2D eigenvalue weighted by atomic mass is 10.2. The van der Waals surface area contributed by atoms with Crippen LogP contribution in [0.5, 0.6) is 5.75 Å². The van der Waals surface area contributed by atoms with Crippen molar-refractivity contribution in [1.82, 2.24) is 10.6 Å². The number of carbonyl (C=O) groups excluding carboxylic acids is 2. The molecule has 1 aliphatic heterocycles. The first kappa shape index (κ1) is 12.6. The summed E-state index contributed by atoms with van der Waals surface area (Å²) >= 11 is 0. The lowest BCUT2D eigenvalue weighted by Crippen LogP contribution is -2.38. The molecular formula is C13H16N2O3. The molecule has 0 radical (unpaired) electrons. The molecule has 5 nitrogen and oxygen atoms in total. The number of hydrogen-bond acceptors (Lipinski definition) is 4. The molecule has 96 valence electrons. The number of hydrogen-bond donors (Lipinski definition) is 2. The van der Waals surface area contributed by atoms with Crippen molar-refractivity contribution in [2.24, 2.45) is 0 Å². The number of amides is 2. The Kier molecular flexibility index (Phi) is 3.94. The van der Waals surface area contributed by atoms with Crippen LogP contribution in [0, 0.1) is 6.92 Å². The van der Waals surface area contributed by atoms with Gasteiger partial charge in [0.2, 0.25) is 11.8 Å². The molecule has 5 heteroatoms. The van der Waals surface area contributed by atoms with Gasteiger partial charge in [0.15, 0.2) is 0 Å². The molecule has 0 bridgehead atoms. The summed E-state index contributed by atoms with van der Waals surface area (Å²) in [6, 6.07) is 7.35. The minimum Gasteiger partial charge on any atom is -0.492 e. The van der Waals surface area contributed by atoms with E-state index in [1.807, 2.05) is 31.2 Å². The highest BCUT2D eigenvalue weighted by molar-refractivity contribution is 6.05. The number of imide groups is 1. The van der Waals surface area contributed by atoms with Crippen molar-refractivity contribution in [3.63, 3.8) is 0 Å². The van der Waals surface area contributed by atoms with Gasteiger partial charge in [-0.1, -0.05) is 12.1 Å². The quantitative estimate of drug-likeness (QED) is 0.584. The summed E-state index contributed by atoms with van der Waals surface area (Å²) in [7, 11) is 0. The predicted molar refractivity (Wildman–Crippen MR) is 66.2 cm³/mol. The summed E-state index contributed by atoms with van der Waals surface area (Å²) in [4.78, 5) is 22.2. The number of benzene rings is 1. The fourth-order valence-corrected chi connectivity index (χ4v) is 1.83. The van der Waals surface area contributed by atoms with Gasteiger partial charge in [0.25, 0.3) is 0 Å². The Labute approximate surface area is 106 Å². The largest absolute Gasteiger partial charge is 0.492 e. The Hall–Kier alpha value is -1.88. The first-order valence-electron chi connectivity index (χ1n) is 5.92. The number of carbonyl (C=O) groups is 2. The zero-order valence-electron chi connectivity index (χ0n) is 10.2. The molecule has 0 spiro atoms. The van der Waals surface area contributed by atoms with Crippen LogP contribution in [-0.4, -0.2) is 31.0 Å². The molecule has 1 aromatic rings. The summed E-state index contributed by atoms with van der Waals surface area (Å²) in [6.07, 6.45) is 0.212. The van der Waals surface area contributed by atoms with Crippen LogP contribution >= 0.6 is 0 Å². The molecule has 1 saturated heterocycles. The zero-order chi connectivity index (χ0) is 13.0. The Morgan fingerprint density at radius 3 is 2.94 bits per heavy atom. The number of rotatable bonds is 5. The second-order valence-electron chi connectivity index (χ2n) is 4.29. The summed E-state index contributed by atoms with van der Waals surface area (Å²) in [6.45, 7) is 2.99. The monoisotopic (exact) mass is 248 g/mol. The first-order chi connectivity index (χ1) is 8.65. The molecule has 1 atom stereocenters. The topological polar surface area (TPSA) is 67.4 Å². The molecule has 1 unspecified atom stereocenters. The second-order valence-corrected chi connectivity index (χ2v) is 4.29. The predicted octanol–water partition coefficient (Wildman–Crippen LogP) is 0.379. The Balaban J connectivity index is 1.70. The van der Waals surface area contributed by atoms with E-state index in [4.69, 9.17) is 4.74 Å². The minimum absolute atomic E-state index is 0.212. The summed E-state index contributed by atoms with van der Waals surface area (Å²) in [5.41, 5.74) is 1.14. The molecule has 0 saturated carbocycles. The van der Waals surface area contributed by atoms with E-state index in [9.17, 15) is 9.59 Å². The summed E-state index contributed by atoms with van der Waals surface area (Å²) in [5.74, 6) is 0.330. The van der Waals surface area contributed by atoms with Gasteiger partial charge in [-0.25, -0.2) is 0 Å². The molecule has 1 heterocycles. The number of nitrogens with one attached hydrogen (secondary N) is 2. The Bertz CT molecular complexity index is 459. The van der Waals surface area contributed by atoms with Crippen molar-refractivity contribution in [3.8, 4) is 5.75 Å². The third-order valence-corrected chi connectivity index (χ3v) is 2.72. The highest BCUT2D eigenvalue weighted by Crippen LogP contribution is 2.11. The summed E-state index contributed by atoms with van der Waals surface area (Å²) < 4.78 is 5.53. The van der Waals surface area contributed by atoms with Gasteiger partial charge in [0.05, 0.1) is 12.5 Å². The molecule has 1 aromatic carbocycles. The number of aryl methyl sites for hydroxylation is 1. The van der Waals surface area contributed by atoms with Gasteiger partial charge in [-0.05, 0) is 24.6 Å². The van der Waals surface area contributed by atoms with E-state index in [1.54, 1.807) is 0 Å². The van der Waals surface area contributed by atoms with E-state index < -0.39 is 6.04 Å². The molecule has 0 aromatic heterocycles. The van der Waals surface area contributed by atoms with E-state index in [1.165, 1.54) is 0 Å². The Morgan fingerprint density at radius 2 is 2.28 bits per heavy atom. The van der Waals surface area contributed by atoms with E-state index in [0.717, 1.165) is 11.3 Å². The molecule has 2 amide bonds. The van der Waals surface area contributed by atoms with E-state index in [0.29, 0.717) is 13.2 Å². The molecular weight excluding hydrogens is 232 g/mol. The van der Waals surface area contributed by atoms with Crippen molar-refractivity contribution < 1.29 is 14.3 Å². The van der Waals surface area contributed by atoms with Crippen LogP contribution in [-0.2, 0) is 9.59 Å². The Morgan fingerprint density at radius 1 is 1.44 bits per heavy atom. The van der Waals surface area contributed by atoms with Crippen molar-refractivity contribution in [2.75, 3.05) is 13.2 Å². The summed E-state index contributed by atoms with van der Waals surface area (Å²) in [5, 5.41) is 5.24. The maximum absolute atomic E-state index is 11.3. The average molecular weight is 248 g/mol. The third-order valence-electron chi connectivity index (χ3n) is 2.72. The second kappa shape index (κ2) is 5.64. The van der Waals surface area contributed by atoms with Gasteiger partial charge in [-0.15, -0.1) is 0 Å². The van der Waals surface area contributed by atoms with Crippen LogP contribution in [0.15, 0.2) is 24.3 Å². The first-order valence-corrected chi connectivity index (χ1v) is 5.92. The van der Waals surface area contributed by atoms with Gasteiger partial charge >= 0.3 is 0 Å². The van der Waals surface area contributed by atoms with Crippen molar-refractivity contribution in [2.45, 2.75) is 19.4 Å². The fourth-order valence-electron chi connectivity index (χ4n) is 1.83. The average Bonchev–Trinajstić information content (AvgIpc) is 2.64. The minimum atomic E-state index is -0.418. The smallest absolute Gasteiger partial charge is 0.244 e. The van der Waals surface area contributed by atoms with E-state index >= 15 is 0 Å². The van der Waals surface area contributed by atoms with Gasteiger partial charge in [-0.3, -0.25) is 14.9 Å². The third kappa shape index (κ3) is 3.30. The highest BCUT2D eigenvalue weighted by atomic mass is 16.5. The van der Waals surface area contributed by atoms with Crippen LogP contribution < -0.4 is 15.4 Å². The lowest BCUT2D eigenvalue weighted by Gasteiger charge is -2.10. The fraction of sp³-hybridized carbons (Fsp3) is 0.385. The molecule has 2 rings (SSSR count). The SMILES string of the molecule is Cc1cccc(OCCNC2CC(=O)NC2=O)c1. The molecule has 0 aliphatic carbocycles.